The molecule has 0 saturated carbocycles. The molecule has 5 aromatic rings. The lowest BCUT2D eigenvalue weighted by Crippen LogP contribution is -2.48. The van der Waals surface area contributed by atoms with Crippen molar-refractivity contribution >= 4 is 58.0 Å². The quantitative estimate of drug-likeness (QED) is 0.0835. The Bertz CT molecular complexity index is 2430. The molecule has 328 valence electrons. The normalized spacial score (nSPS) is 18.1. The molecular formula is C45H52Cl2N8O6S. The van der Waals surface area contributed by atoms with Gasteiger partial charge in [-0.1, -0.05) is 61.3 Å². The smallest absolute Gasteiger partial charge is 0.254 e. The predicted molar refractivity (Wildman–Crippen MR) is 238 cm³/mol. The highest BCUT2D eigenvalue weighted by atomic mass is 35.5. The average molecular weight is 904 g/mol. The third-order valence-electron chi connectivity index (χ3n) is 11.5. The van der Waals surface area contributed by atoms with Gasteiger partial charge in [0.2, 0.25) is 17.7 Å². The number of unbranched alkanes of at least 4 members (excludes halogenated alkanes) is 2. The van der Waals surface area contributed by atoms with Gasteiger partial charge in [0.1, 0.15) is 28.8 Å². The van der Waals surface area contributed by atoms with Crippen LogP contribution in [0.3, 0.4) is 0 Å². The van der Waals surface area contributed by atoms with Crippen LogP contribution in [0.1, 0.15) is 115 Å². The summed E-state index contributed by atoms with van der Waals surface area (Å²) in [7, 11) is 0. The summed E-state index contributed by atoms with van der Waals surface area (Å²) in [4.78, 5) is 48.7. The number of benzene rings is 2. The van der Waals surface area contributed by atoms with Crippen molar-refractivity contribution in [2.45, 2.75) is 104 Å². The maximum Gasteiger partial charge on any atom is 0.254 e. The molecule has 5 atom stereocenters. The van der Waals surface area contributed by atoms with Gasteiger partial charge in [-0.25, -0.2) is 0 Å². The number of carbonyl (C=O) groups excluding carboxylic acids is 3. The number of carbonyl (C=O) groups is 3. The third kappa shape index (κ3) is 9.91. The first kappa shape index (κ1) is 44.9. The monoisotopic (exact) mass is 902 g/mol. The Morgan fingerprint density at radius 1 is 0.984 bits per heavy atom. The molecule has 5 heterocycles. The molecule has 14 nitrogen and oxygen atoms in total. The van der Waals surface area contributed by atoms with Crippen molar-refractivity contribution in [1.82, 2.24) is 35.5 Å². The number of hydrogen-bond donors (Lipinski definition) is 3. The SMILES string of the molecule is Cc1sc2c(c1C)C(c1ccc(Cl)cc1)=N[C@@H](CC(=O)NCCCCCOc1cc([C@@H](C(=O)N3C[C@H](O)C[C@H]3C(=O)N[C@@H](C)c3ccc(Cl)cc3)C(C)C)on1)c1nnc(C)n1-2. The molecule has 17 heteroatoms. The molecule has 3 N–H and O–H groups in total. The van der Waals surface area contributed by atoms with E-state index in [9.17, 15) is 19.5 Å². The topological polar surface area (TPSA) is 177 Å². The van der Waals surface area contributed by atoms with Crippen molar-refractivity contribution in [2.75, 3.05) is 19.7 Å². The standard InChI is InChI=1S/C45H52Cl2N8O6S/c1-24(2)39(44(59)54-23-33(56)20-35(54)43(58)49-26(4)29-10-14-31(46)15-11-29)36-22-38(53-61-36)60-19-9-7-8-18-48-37(57)21-34-42-52-51-28(6)55(42)45-40(25(3)27(5)62-45)41(50-34)30-12-16-32(47)17-13-30/h10-17,22,24,26,33-35,39,56H,7-9,18-21,23H2,1-6H3,(H,48,57)(H,49,58)/t26-,33+,34-,35-,39-/m0/s1. The van der Waals surface area contributed by atoms with Crippen molar-refractivity contribution in [3.05, 3.63) is 109 Å². The molecule has 0 aliphatic carbocycles. The summed E-state index contributed by atoms with van der Waals surface area (Å²) in [6.45, 7) is 12.6. The van der Waals surface area contributed by atoms with E-state index in [0.29, 0.717) is 41.2 Å². The predicted octanol–water partition coefficient (Wildman–Crippen LogP) is 7.78. The molecule has 2 aromatic carbocycles. The number of amides is 3. The van der Waals surface area contributed by atoms with Gasteiger partial charge in [-0.3, -0.25) is 23.9 Å². The average Bonchev–Trinajstić information content (AvgIpc) is 4.01. The summed E-state index contributed by atoms with van der Waals surface area (Å²) >= 11 is 13.9. The van der Waals surface area contributed by atoms with Crippen LogP contribution in [0.25, 0.3) is 5.00 Å². The summed E-state index contributed by atoms with van der Waals surface area (Å²) in [6.07, 6.45) is 1.61. The highest BCUT2D eigenvalue weighted by Gasteiger charge is 2.43. The van der Waals surface area contributed by atoms with Crippen LogP contribution in [0.5, 0.6) is 5.88 Å². The number of fused-ring (bicyclic) bond motifs is 3. The molecule has 1 saturated heterocycles. The first-order valence-electron chi connectivity index (χ1n) is 21.0. The molecule has 62 heavy (non-hydrogen) atoms. The largest absolute Gasteiger partial charge is 0.476 e. The number of likely N-dealkylation sites (tertiary alicyclic amines) is 1. The number of rotatable bonds is 16. The third-order valence-corrected chi connectivity index (χ3v) is 13.2. The second-order valence-corrected chi connectivity index (χ2v) is 18.4. The molecule has 0 spiro atoms. The van der Waals surface area contributed by atoms with E-state index in [0.717, 1.165) is 51.6 Å². The minimum Gasteiger partial charge on any atom is -0.476 e. The Balaban J connectivity index is 0.899. The molecule has 7 rings (SSSR count). The number of aliphatic hydroxyl groups excluding tert-OH is 1. The number of nitrogens with one attached hydrogen (secondary N) is 2. The zero-order valence-corrected chi connectivity index (χ0v) is 38.0. The van der Waals surface area contributed by atoms with Gasteiger partial charge in [0, 0.05) is 51.6 Å². The van der Waals surface area contributed by atoms with Gasteiger partial charge in [0.05, 0.1) is 30.9 Å². The number of β-amino-alcohol motifs (C(OH)–C–C–N with tert-alkyl or cyclic N) is 1. The fraction of sp³-hybridized carbons (Fsp3) is 0.444. The number of halogens is 2. The summed E-state index contributed by atoms with van der Waals surface area (Å²) in [5.74, 6) is 0.191. The first-order valence-corrected chi connectivity index (χ1v) is 22.5. The van der Waals surface area contributed by atoms with Crippen LogP contribution in [0.2, 0.25) is 10.0 Å². The Kier molecular flexibility index (Phi) is 14.2. The Morgan fingerprint density at radius 3 is 2.40 bits per heavy atom. The number of ether oxygens (including phenoxy) is 1. The highest BCUT2D eigenvalue weighted by molar-refractivity contribution is 7.15. The molecule has 0 radical (unpaired) electrons. The van der Waals surface area contributed by atoms with Crippen molar-refractivity contribution in [1.29, 1.82) is 0 Å². The van der Waals surface area contributed by atoms with Crippen molar-refractivity contribution < 1.29 is 28.8 Å². The van der Waals surface area contributed by atoms with E-state index < -0.39 is 24.1 Å². The maximum absolute atomic E-state index is 14.0. The van der Waals surface area contributed by atoms with Gasteiger partial charge in [0.25, 0.3) is 5.88 Å². The molecule has 2 aliphatic rings. The highest BCUT2D eigenvalue weighted by Crippen LogP contribution is 2.40. The number of thiophene rings is 1. The van der Waals surface area contributed by atoms with E-state index in [2.05, 4.69) is 39.8 Å². The number of nitrogens with zero attached hydrogens (tertiary/aromatic N) is 6. The fourth-order valence-corrected chi connectivity index (χ4v) is 9.51. The zero-order valence-electron chi connectivity index (χ0n) is 35.7. The van der Waals surface area contributed by atoms with E-state index in [-0.39, 0.29) is 54.9 Å². The molecular weight excluding hydrogens is 852 g/mol. The summed E-state index contributed by atoms with van der Waals surface area (Å²) in [6, 6.07) is 14.7. The van der Waals surface area contributed by atoms with Crippen LogP contribution < -0.4 is 15.4 Å². The van der Waals surface area contributed by atoms with Crippen molar-refractivity contribution in [2.24, 2.45) is 10.9 Å². The van der Waals surface area contributed by atoms with E-state index >= 15 is 0 Å². The Hall–Kier alpha value is -5.09. The van der Waals surface area contributed by atoms with Gasteiger partial charge in [-0.15, -0.1) is 21.5 Å². The lowest BCUT2D eigenvalue weighted by atomic mass is 9.91. The molecule has 2 aliphatic heterocycles. The minimum atomic E-state index is -0.843. The molecule has 3 amide bonds. The lowest BCUT2D eigenvalue weighted by molar-refractivity contribution is -0.141. The Morgan fingerprint density at radius 2 is 1.69 bits per heavy atom. The fourth-order valence-electron chi connectivity index (χ4n) is 8.04. The van der Waals surface area contributed by atoms with Crippen molar-refractivity contribution in [3.8, 4) is 10.9 Å². The van der Waals surface area contributed by atoms with Crippen molar-refractivity contribution in [3.63, 3.8) is 0 Å². The Labute approximate surface area is 375 Å². The molecule has 3 aromatic heterocycles. The molecule has 1 fully saturated rings. The van der Waals surface area contributed by atoms with Crippen LogP contribution >= 0.6 is 34.5 Å². The minimum absolute atomic E-state index is 0.0332. The van der Waals surface area contributed by atoms with Gasteiger partial charge < -0.3 is 29.9 Å². The molecule has 0 bridgehead atoms. The molecule has 0 unspecified atom stereocenters. The summed E-state index contributed by atoms with van der Waals surface area (Å²) < 4.78 is 13.6. The number of aryl methyl sites for hydroxylation is 2. The summed E-state index contributed by atoms with van der Waals surface area (Å²) in [5, 5.41) is 31.8. The van der Waals surface area contributed by atoms with Crippen LogP contribution in [0.4, 0.5) is 0 Å². The second kappa shape index (κ2) is 19.5. The number of aromatic nitrogens is 4. The maximum atomic E-state index is 14.0. The van der Waals surface area contributed by atoms with Crippen LogP contribution in [-0.2, 0) is 14.4 Å². The number of aliphatic imine (C=N–C) groups is 1. The van der Waals surface area contributed by atoms with Crippen LogP contribution in [0, 0.1) is 26.7 Å². The zero-order chi connectivity index (χ0) is 44.2. The van der Waals surface area contributed by atoms with Gasteiger partial charge in [-0.2, -0.15) is 0 Å². The van der Waals surface area contributed by atoms with E-state index in [1.54, 1.807) is 29.5 Å². The number of aliphatic hydroxyl groups is 1. The van der Waals surface area contributed by atoms with Crippen LogP contribution in [0.15, 0.2) is 64.1 Å². The van der Waals surface area contributed by atoms with Gasteiger partial charge >= 0.3 is 0 Å². The first-order chi connectivity index (χ1) is 29.7. The second-order valence-electron chi connectivity index (χ2n) is 16.3. The van der Waals surface area contributed by atoms with Crippen LogP contribution in [-0.4, -0.2) is 85.2 Å². The number of hydrogen-bond acceptors (Lipinski definition) is 11. The van der Waals surface area contributed by atoms with Gasteiger partial charge in [-0.05, 0) is 93.4 Å². The van der Waals surface area contributed by atoms with E-state index in [1.807, 2.05) is 68.7 Å². The van der Waals surface area contributed by atoms with Gasteiger partial charge in [0.15, 0.2) is 11.6 Å². The van der Waals surface area contributed by atoms with E-state index in [4.69, 9.17) is 37.5 Å². The summed E-state index contributed by atoms with van der Waals surface area (Å²) in [5.41, 5.74) is 4.72. The van der Waals surface area contributed by atoms with E-state index in [1.165, 1.54) is 9.78 Å². The lowest BCUT2D eigenvalue weighted by Gasteiger charge is -2.29.